The molecule has 0 bridgehead atoms. The van der Waals surface area contributed by atoms with Crippen LogP contribution in [0, 0.1) is 12.7 Å². The van der Waals surface area contributed by atoms with Gasteiger partial charge in [-0.1, -0.05) is 0 Å². The third-order valence-corrected chi connectivity index (χ3v) is 1.67. The maximum Gasteiger partial charge on any atom is 0.156 e. The fourth-order valence-corrected chi connectivity index (χ4v) is 1.06. The highest BCUT2D eigenvalue weighted by molar-refractivity contribution is 5.48. The highest BCUT2D eigenvalue weighted by Gasteiger charge is 2.02. The van der Waals surface area contributed by atoms with Gasteiger partial charge >= 0.3 is 0 Å². The number of aryl methyl sites for hydroxylation is 1. The van der Waals surface area contributed by atoms with E-state index in [4.69, 9.17) is 0 Å². The molecule has 13 heavy (non-hydrogen) atoms. The van der Waals surface area contributed by atoms with Gasteiger partial charge in [0.1, 0.15) is 11.5 Å². The van der Waals surface area contributed by atoms with Gasteiger partial charge in [0.15, 0.2) is 5.82 Å². The Hall–Kier alpha value is -1.71. The SMILES string of the molecule is Cc1cnc(-c2ccc(F)cn2)[nH]1. The van der Waals surface area contributed by atoms with Crippen LogP contribution in [0.3, 0.4) is 0 Å². The summed E-state index contributed by atoms with van der Waals surface area (Å²) in [6, 6.07) is 2.95. The number of hydrogen-bond acceptors (Lipinski definition) is 2. The summed E-state index contributed by atoms with van der Waals surface area (Å²) < 4.78 is 12.5. The molecule has 0 radical (unpaired) electrons. The van der Waals surface area contributed by atoms with Crippen molar-refractivity contribution in [1.29, 1.82) is 0 Å². The summed E-state index contributed by atoms with van der Waals surface area (Å²) in [5.41, 5.74) is 1.61. The fourth-order valence-electron chi connectivity index (χ4n) is 1.06. The Morgan fingerprint density at radius 1 is 1.23 bits per heavy atom. The number of nitrogens with one attached hydrogen (secondary N) is 1. The van der Waals surface area contributed by atoms with Crippen LogP contribution >= 0.6 is 0 Å². The van der Waals surface area contributed by atoms with Gasteiger partial charge in [0.25, 0.3) is 0 Å². The first kappa shape index (κ1) is 7.91. The number of nitrogens with zero attached hydrogens (tertiary/aromatic N) is 2. The molecule has 0 aromatic carbocycles. The van der Waals surface area contributed by atoms with Gasteiger partial charge in [-0.05, 0) is 19.1 Å². The van der Waals surface area contributed by atoms with Crippen LogP contribution in [0.15, 0.2) is 24.5 Å². The van der Waals surface area contributed by atoms with Crippen LogP contribution in [-0.2, 0) is 0 Å². The Labute approximate surface area is 74.7 Å². The zero-order valence-electron chi connectivity index (χ0n) is 7.08. The number of imidazole rings is 1. The molecule has 0 aliphatic rings. The topological polar surface area (TPSA) is 41.6 Å². The summed E-state index contributed by atoms with van der Waals surface area (Å²) in [6.07, 6.45) is 2.88. The monoisotopic (exact) mass is 177 g/mol. The molecule has 0 unspecified atom stereocenters. The first-order valence-electron chi connectivity index (χ1n) is 3.89. The Morgan fingerprint density at radius 2 is 2.08 bits per heavy atom. The third-order valence-electron chi connectivity index (χ3n) is 1.67. The molecule has 0 aliphatic heterocycles. The van der Waals surface area contributed by atoms with Crippen LogP contribution in [-0.4, -0.2) is 15.0 Å². The second-order valence-electron chi connectivity index (χ2n) is 2.78. The molecule has 1 N–H and O–H groups in total. The number of halogens is 1. The van der Waals surface area contributed by atoms with E-state index in [1.54, 1.807) is 12.3 Å². The van der Waals surface area contributed by atoms with Crippen LogP contribution in [0.25, 0.3) is 11.5 Å². The molecule has 2 aromatic rings. The summed E-state index contributed by atoms with van der Waals surface area (Å²) in [7, 11) is 0. The smallest absolute Gasteiger partial charge is 0.156 e. The van der Waals surface area contributed by atoms with Crippen molar-refractivity contribution >= 4 is 0 Å². The first-order valence-corrected chi connectivity index (χ1v) is 3.89. The zero-order chi connectivity index (χ0) is 9.26. The molecular formula is C9H8FN3. The molecule has 0 saturated carbocycles. The van der Waals surface area contributed by atoms with E-state index in [0.717, 1.165) is 5.69 Å². The Morgan fingerprint density at radius 3 is 2.62 bits per heavy atom. The van der Waals surface area contributed by atoms with E-state index >= 15 is 0 Å². The van der Waals surface area contributed by atoms with Crippen LogP contribution in [0.1, 0.15) is 5.69 Å². The van der Waals surface area contributed by atoms with Gasteiger partial charge in [0.05, 0.1) is 6.20 Å². The molecule has 3 nitrogen and oxygen atoms in total. The van der Waals surface area contributed by atoms with E-state index in [1.807, 2.05) is 6.92 Å². The largest absolute Gasteiger partial charge is 0.341 e. The second kappa shape index (κ2) is 2.97. The van der Waals surface area contributed by atoms with Crippen molar-refractivity contribution in [2.75, 3.05) is 0 Å². The molecule has 66 valence electrons. The Balaban J connectivity index is 2.41. The lowest BCUT2D eigenvalue weighted by atomic mass is 10.3. The average Bonchev–Trinajstić information content (AvgIpc) is 2.53. The summed E-state index contributed by atoms with van der Waals surface area (Å²) in [5, 5.41) is 0. The molecule has 0 saturated heterocycles. The number of hydrogen-bond donors (Lipinski definition) is 1. The predicted molar refractivity (Wildman–Crippen MR) is 46.5 cm³/mol. The van der Waals surface area contributed by atoms with Crippen LogP contribution < -0.4 is 0 Å². The summed E-state index contributed by atoms with van der Waals surface area (Å²) >= 11 is 0. The second-order valence-corrected chi connectivity index (χ2v) is 2.78. The fraction of sp³-hybridized carbons (Fsp3) is 0.111. The minimum atomic E-state index is -0.341. The standard InChI is InChI=1S/C9H8FN3/c1-6-4-12-9(13-6)8-3-2-7(10)5-11-8/h2-5H,1H3,(H,12,13). The van der Waals surface area contributed by atoms with E-state index in [0.29, 0.717) is 11.5 Å². The minimum absolute atomic E-state index is 0.341. The van der Waals surface area contributed by atoms with Gasteiger partial charge < -0.3 is 4.98 Å². The first-order chi connectivity index (χ1) is 6.25. The van der Waals surface area contributed by atoms with Gasteiger partial charge in [-0.2, -0.15) is 0 Å². The lowest BCUT2D eigenvalue weighted by Gasteiger charge is -1.94. The molecule has 0 aliphatic carbocycles. The molecular weight excluding hydrogens is 169 g/mol. The summed E-state index contributed by atoms with van der Waals surface area (Å²) in [5.74, 6) is 0.324. The Kier molecular flexibility index (Phi) is 1.81. The van der Waals surface area contributed by atoms with E-state index < -0.39 is 0 Å². The summed E-state index contributed by atoms with van der Waals surface area (Å²) in [6.45, 7) is 1.90. The third kappa shape index (κ3) is 1.56. The van der Waals surface area contributed by atoms with Crippen molar-refractivity contribution in [3.63, 3.8) is 0 Å². The quantitative estimate of drug-likeness (QED) is 0.723. The number of pyridine rings is 1. The maximum atomic E-state index is 12.5. The molecule has 2 rings (SSSR count). The number of aromatic amines is 1. The molecule has 4 heteroatoms. The maximum absolute atomic E-state index is 12.5. The van der Waals surface area contributed by atoms with Crippen molar-refractivity contribution < 1.29 is 4.39 Å². The van der Waals surface area contributed by atoms with Crippen molar-refractivity contribution in [1.82, 2.24) is 15.0 Å². The van der Waals surface area contributed by atoms with Gasteiger partial charge in [-0.15, -0.1) is 0 Å². The normalized spacial score (nSPS) is 10.3. The predicted octanol–water partition coefficient (Wildman–Crippen LogP) is 1.92. The molecule has 2 aromatic heterocycles. The zero-order valence-corrected chi connectivity index (χ0v) is 7.08. The minimum Gasteiger partial charge on any atom is -0.341 e. The van der Waals surface area contributed by atoms with Crippen LogP contribution in [0.5, 0.6) is 0 Å². The van der Waals surface area contributed by atoms with Crippen molar-refractivity contribution in [2.24, 2.45) is 0 Å². The van der Waals surface area contributed by atoms with Gasteiger partial charge in [-0.25, -0.2) is 14.4 Å². The lowest BCUT2D eigenvalue weighted by Crippen LogP contribution is -1.86. The highest BCUT2D eigenvalue weighted by Crippen LogP contribution is 2.11. The number of aromatic nitrogens is 3. The van der Waals surface area contributed by atoms with E-state index in [-0.39, 0.29) is 5.82 Å². The lowest BCUT2D eigenvalue weighted by molar-refractivity contribution is 0.621. The summed E-state index contributed by atoms with van der Waals surface area (Å²) in [4.78, 5) is 11.0. The van der Waals surface area contributed by atoms with Crippen molar-refractivity contribution in [3.8, 4) is 11.5 Å². The molecule has 2 heterocycles. The number of H-pyrrole nitrogens is 1. The molecule has 0 fully saturated rings. The van der Waals surface area contributed by atoms with E-state index in [2.05, 4.69) is 15.0 Å². The van der Waals surface area contributed by atoms with E-state index in [1.165, 1.54) is 12.3 Å². The molecule has 0 spiro atoms. The van der Waals surface area contributed by atoms with Gasteiger partial charge in [-0.3, -0.25) is 0 Å². The highest BCUT2D eigenvalue weighted by atomic mass is 19.1. The van der Waals surface area contributed by atoms with Crippen molar-refractivity contribution in [3.05, 3.63) is 36.0 Å². The molecule has 0 atom stereocenters. The van der Waals surface area contributed by atoms with Crippen molar-refractivity contribution in [2.45, 2.75) is 6.92 Å². The van der Waals surface area contributed by atoms with Crippen LogP contribution in [0.4, 0.5) is 4.39 Å². The average molecular weight is 177 g/mol. The molecule has 0 amide bonds. The van der Waals surface area contributed by atoms with E-state index in [9.17, 15) is 4.39 Å². The van der Waals surface area contributed by atoms with Gasteiger partial charge in [0.2, 0.25) is 0 Å². The van der Waals surface area contributed by atoms with Gasteiger partial charge in [0, 0.05) is 11.9 Å². The number of rotatable bonds is 1. The Bertz CT molecular complexity index is 405. The van der Waals surface area contributed by atoms with Crippen LogP contribution in [0.2, 0.25) is 0 Å².